The van der Waals surface area contributed by atoms with Crippen LogP contribution >= 0.6 is 0 Å². The van der Waals surface area contributed by atoms with Gasteiger partial charge in [0, 0.05) is 7.11 Å². The molecule has 0 fully saturated rings. The van der Waals surface area contributed by atoms with E-state index in [1.54, 1.807) is 7.11 Å². The first kappa shape index (κ1) is 10.9. The average Bonchev–Trinajstić information content (AvgIpc) is 2.07. The molecule has 0 radical (unpaired) electrons. The third-order valence-corrected chi connectivity index (χ3v) is 3.57. The Morgan fingerprint density at radius 1 is 1.55 bits per heavy atom. The molecular formula is C8H18O2Si. The van der Waals surface area contributed by atoms with Gasteiger partial charge in [-0.25, -0.2) is 0 Å². The van der Waals surface area contributed by atoms with Crippen molar-refractivity contribution in [2.75, 3.05) is 7.11 Å². The van der Waals surface area contributed by atoms with Gasteiger partial charge in [-0.3, -0.25) is 0 Å². The van der Waals surface area contributed by atoms with Gasteiger partial charge in [0.25, 0.3) is 0 Å². The summed E-state index contributed by atoms with van der Waals surface area (Å²) in [5.41, 5.74) is 1.95. The highest BCUT2D eigenvalue weighted by molar-refractivity contribution is 6.57. The van der Waals surface area contributed by atoms with Gasteiger partial charge in [0.1, 0.15) is 6.29 Å². The minimum absolute atomic E-state index is 0.0235. The maximum absolute atomic E-state index is 5.65. The van der Waals surface area contributed by atoms with Crippen molar-refractivity contribution in [3.8, 4) is 0 Å². The summed E-state index contributed by atoms with van der Waals surface area (Å²) in [5.74, 6) is 0. The van der Waals surface area contributed by atoms with Crippen LogP contribution in [0.25, 0.3) is 0 Å². The molecule has 2 atom stereocenters. The normalized spacial score (nSPS) is 15.9. The first-order valence-electron chi connectivity index (χ1n) is 4.09. The number of ether oxygens (including phenoxy) is 1. The number of rotatable bonds is 6. The fourth-order valence-corrected chi connectivity index (χ4v) is 2.16. The lowest BCUT2D eigenvalue weighted by atomic mass is 10.5. The molecule has 2 nitrogen and oxygen atoms in total. The van der Waals surface area contributed by atoms with E-state index in [2.05, 4.69) is 20.4 Å². The van der Waals surface area contributed by atoms with E-state index in [1.165, 1.54) is 0 Å². The molecule has 0 amide bonds. The van der Waals surface area contributed by atoms with E-state index in [1.807, 2.05) is 5.70 Å². The van der Waals surface area contributed by atoms with E-state index in [-0.39, 0.29) is 6.29 Å². The molecule has 0 bridgehead atoms. The van der Waals surface area contributed by atoms with Gasteiger partial charge < -0.3 is 9.16 Å². The zero-order chi connectivity index (χ0) is 8.69. The monoisotopic (exact) mass is 174 g/mol. The Morgan fingerprint density at radius 3 is 2.45 bits per heavy atom. The second kappa shape index (κ2) is 6.58. The van der Waals surface area contributed by atoms with Crippen LogP contribution in [0.3, 0.4) is 0 Å². The highest BCUT2D eigenvalue weighted by Gasteiger charge is 2.10. The Bertz CT molecular complexity index is 102. The van der Waals surface area contributed by atoms with E-state index < -0.39 is 9.04 Å². The van der Waals surface area contributed by atoms with E-state index in [0.717, 1.165) is 12.5 Å². The Balaban J connectivity index is 3.67. The first-order chi connectivity index (χ1) is 5.28. The smallest absolute Gasteiger partial charge is 0.203 e. The molecule has 0 spiro atoms. The molecule has 0 aromatic carbocycles. The molecule has 0 heterocycles. The van der Waals surface area contributed by atoms with Crippen LogP contribution in [-0.4, -0.2) is 22.4 Å². The van der Waals surface area contributed by atoms with E-state index in [9.17, 15) is 0 Å². The molecule has 0 aliphatic carbocycles. The lowest BCUT2D eigenvalue weighted by Crippen LogP contribution is -2.24. The van der Waals surface area contributed by atoms with Crippen LogP contribution in [-0.2, 0) is 9.16 Å². The van der Waals surface area contributed by atoms with Gasteiger partial charge >= 0.3 is 0 Å². The molecule has 2 unspecified atom stereocenters. The molecule has 66 valence electrons. The summed E-state index contributed by atoms with van der Waals surface area (Å²) in [5, 5.41) is 0. The van der Waals surface area contributed by atoms with Crippen LogP contribution in [0.1, 0.15) is 20.3 Å². The molecule has 0 saturated heterocycles. The average molecular weight is 174 g/mol. The summed E-state index contributed by atoms with van der Waals surface area (Å²) >= 11 is 0. The molecule has 0 aliphatic rings. The van der Waals surface area contributed by atoms with Gasteiger partial charge in [0.2, 0.25) is 9.04 Å². The summed E-state index contributed by atoms with van der Waals surface area (Å²) in [4.78, 5) is 0. The third kappa shape index (κ3) is 4.34. The number of hydrogen-bond donors (Lipinski definition) is 0. The summed E-state index contributed by atoms with van der Waals surface area (Å²) in [6.45, 7) is 7.91. The second-order valence-corrected chi connectivity index (χ2v) is 5.03. The summed E-state index contributed by atoms with van der Waals surface area (Å²) in [6, 6.07) is 1.09. The van der Waals surface area contributed by atoms with Gasteiger partial charge in [-0.2, -0.15) is 0 Å². The van der Waals surface area contributed by atoms with Gasteiger partial charge in [-0.15, -0.1) is 6.58 Å². The standard InChI is InChI=1S/C8H18O2Si/c1-5-8(9-4)10-11(6-2)7-3/h6,8,11H,2,5,7H2,1,3-4H3. The van der Waals surface area contributed by atoms with Crippen LogP contribution in [0.15, 0.2) is 12.3 Å². The van der Waals surface area contributed by atoms with Crippen molar-refractivity contribution in [1.82, 2.24) is 0 Å². The largest absolute Gasteiger partial charge is 0.391 e. The molecule has 11 heavy (non-hydrogen) atoms. The Kier molecular flexibility index (Phi) is 6.50. The lowest BCUT2D eigenvalue weighted by Gasteiger charge is -2.18. The quantitative estimate of drug-likeness (QED) is 0.452. The number of hydrogen-bond acceptors (Lipinski definition) is 2. The van der Waals surface area contributed by atoms with Crippen LogP contribution in [0.4, 0.5) is 0 Å². The van der Waals surface area contributed by atoms with Gasteiger partial charge in [-0.05, 0) is 12.5 Å². The maximum atomic E-state index is 5.65. The van der Waals surface area contributed by atoms with Crippen molar-refractivity contribution in [2.24, 2.45) is 0 Å². The fraction of sp³-hybridized carbons (Fsp3) is 0.750. The predicted molar refractivity (Wildman–Crippen MR) is 50.0 cm³/mol. The molecule has 0 aromatic rings. The zero-order valence-corrected chi connectivity index (χ0v) is 8.82. The summed E-state index contributed by atoms with van der Waals surface area (Å²) in [6.07, 6.45) is 0.887. The van der Waals surface area contributed by atoms with Crippen LogP contribution < -0.4 is 0 Å². The van der Waals surface area contributed by atoms with Crippen molar-refractivity contribution in [2.45, 2.75) is 32.6 Å². The Hall–Kier alpha value is -0.123. The minimum atomic E-state index is -1.15. The molecule has 3 heteroatoms. The van der Waals surface area contributed by atoms with Crippen LogP contribution in [0.5, 0.6) is 0 Å². The highest BCUT2D eigenvalue weighted by Crippen LogP contribution is 2.04. The zero-order valence-electron chi connectivity index (χ0n) is 7.67. The van der Waals surface area contributed by atoms with E-state index in [0.29, 0.717) is 0 Å². The van der Waals surface area contributed by atoms with Crippen molar-refractivity contribution < 1.29 is 9.16 Å². The van der Waals surface area contributed by atoms with Gasteiger partial charge in [-0.1, -0.05) is 19.5 Å². The predicted octanol–water partition coefficient (Wildman–Crippen LogP) is 1.85. The third-order valence-electron chi connectivity index (χ3n) is 1.59. The van der Waals surface area contributed by atoms with Crippen LogP contribution in [0.2, 0.25) is 6.04 Å². The highest BCUT2D eigenvalue weighted by atomic mass is 28.3. The number of methoxy groups -OCH3 is 1. The summed E-state index contributed by atoms with van der Waals surface area (Å²) in [7, 11) is 0.533. The van der Waals surface area contributed by atoms with Crippen molar-refractivity contribution in [3.63, 3.8) is 0 Å². The maximum Gasteiger partial charge on any atom is 0.203 e. The second-order valence-electron chi connectivity index (χ2n) is 2.39. The van der Waals surface area contributed by atoms with Crippen LogP contribution in [0, 0.1) is 0 Å². The van der Waals surface area contributed by atoms with Crippen molar-refractivity contribution >= 4 is 9.04 Å². The first-order valence-corrected chi connectivity index (χ1v) is 6.04. The molecule has 0 aromatic heterocycles. The SMILES string of the molecule is C=C[SiH](CC)OC(CC)OC. The summed E-state index contributed by atoms with van der Waals surface area (Å²) < 4.78 is 10.7. The molecule has 0 aliphatic heterocycles. The lowest BCUT2D eigenvalue weighted by molar-refractivity contribution is -0.0566. The fourth-order valence-electron chi connectivity index (χ4n) is 0.832. The molecule has 0 saturated carbocycles. The molecular weight excluding hydrogens is 156 g/mol. The van der Waals surface area contributed by atoms with Crippen molar-refractivity contribution in [3.05, 3.63) is 12.3 Å². The topological polar surface area (TPSA) is 18.5 Å². The Labute approximate surface area is 70.9 Å². The molecule has 0 rings (SSSR count). The van der Waals surface area contributed by atoms with Crippen molar-refractivity contribution in [1.29, 1.82) is 0 Å². The minimum Gasteiger partial charge on any atom is -0.391 e. The van der Waals surface area contributed by atoms with E-state index in [4.69, 9.17) is 9.16 Å². The Morgan fingerprint density at radius 2 is 2.18 bits per heavy atom. The molecule has 0 N–H and O–H groups in total. The van der Waals surface area contributed by atoms with E-state index >= 15 is 0 Å². The van der Waals surface area contributed by atoms with Gasteiger partial charge in [0.15, 0.2) is 0 Å². The van der Waals surface area contributed by atoms with Gasteiger partial charge in [0.05, 0.1) is 0 Å².